The summed E-state index contributed by atoms with van der Waals surface area (Å²) in [6.07, 6.45) is -0.987. The third kappa shape index (κ3) is 5.09. The van der Waals surface area contributed by atoms with Crippen molar-refractivity contribution in [3.8, 4) is 11.3 Å². The molecule has 2 atom stereocenters. The molecule has 3 aromatic rings. The molecule has 3 aliphatic rings. The molecule has 8 bridgehead atoms. The van der Waals surface area contributed by atoms with Crippen LogP contribution in [-0.2, 0) is 6.18 Å². The number of H-pyrrole nitrogens is 1. The molecule has 6 rings (SSSR count). The number of carbonyl (C=O) groups is 1. The van der Waals surface area contributed by atoms with Gasteiger partial charge in [0.25, 0.3) is 11.8 Å². The van der Waals surface area contributed by atoms with Gasteiger partial charge in [-0.3, -0.25) is 4.79 Å². The summed E-state index contributed by atoms with van der Waals surface area (Å²) in [6.45, 7) is -0.650. The fraction of sp³-hybridized carbons (Fsp3) is 0.500. The highest BCUT2D eigenvalue weighted by molar-refractivity contribution is 5.98. The zero-order chi connectivity index (χ0) is 26.5. The topological polar surface area (TPSA) is 90.0 Å². The lowest BCUT2D eigenvalue weighted by atomic mass is 10.1. The van der Waals surface area contributed by atoms with Crippen LogP contribution in [0.4, 0.5) is 27.9 Å². The van der Waals surface area contributed by atoms with Crippen molar-refractivity contribution in [1.29, 1.82) is 0 Å². The number of nitrogens with zero attached hydrogens (tertiary/aromatic N) is 5. The number of nitrogens with one attached hydrogen (secondary N) is 2. The average Bonchev–Trinajstić information content (AvgIpc) is 3.47. The first kappa shape index (κ1) is 25.3. The van der Waals surface area contributed by atoms with Crippen molar-refractivity contribution in [2.45, 2.75) is 49.9 Å². The van der Waals surface area contributed by atoms with Gasteiger partial charge in [0.1, 0.15) is 16.9 Å². The van der Waals surface area contributed by atoms with Crippen LogP contribution in [0.15, 0.2) is 24.5 Å². The zero-order valence-corrected chi connectivity index (χ0v) is 20.2. The Morgan fingerprint density at radius 2 is 1.92 bits per heavy atom. The molecule has 0 radical (unpaired) electrons. The molecule has 2 aliphatic heterocycles. The third-order valence-corrected chi connectivity index (χ3v) is 7.11. The van der Waals surface area contributed by atoms with E-state index < -0.39 is 36.5 Å². The molecule has 2 N–H and O–H groups in total. The van der Waals surface area contributed by atoms with Crippen molar-refractivity contribution in [3.63, 3.8) is 0 Å². The van der Waals surface area contributed by atoms with E-state index in [4.69, 9.17) is 0 Å². The number of hydrogen-bond donors (Lipinski definition) is 2. The summed E-state index contributed by atoms with van der Waals surface area (Å²) in [6, 6.07) is 2.65. The van der Waals surface area contributed by atoms with Gasteiger partial charge in [-0.25, -0.2) is 23.7 Å². The number of hydrogen-bond acceptors (Lipinski definition) is 6. The number of alkyl halides is 5. The molecular weight excluding hydrogens is 497 g/mol. The maximum absolute atomic E-state index is 14.8. The first-order valence-corrected chi connectivity index (χ1v) is 11.9. The molecule has 1 amide bonds. The molecule has 37 heavy (non-hydrogen) atoms. The lowest BCUT2D eigenvalue weighted by Crippen LogP contribution is -2.41. The fourth-order valence-electron chi connectivity index (χ4n) is 5.07. The van der Waals surface area contributed by atoms with Gasteiger partial charge in [-0.05, 0) is 38.4 Å². The molecule has 198 valence electrons. The second kappa shape index (κ2) is 9.19. The lowest BCUT2D eigenvalue weighted by molar-refractivity contribution is -0.137. The molecule has 8 nitrogen and oxygen atoms in total. The molecule has 0 aromatic carbocycles. The number of carbonyl (C=O) groups excluding carboxylic acids is 1. The van der Waals surface area contributed by atoms with E-state index in [1.165, 1.54) is 25.4 Å². The highest BCUT2D eigenvalue weighted by Crippen LogP contribution is 2.39. The van der Waals surface area contributed by atoms with Crippen LogP contribution in [0.25, 0.3) is 22.3 Å². The van der Waals surface area contributed by atoms with Crippen LogP contribution >= 0.6 is 0 Å². The number of aromatic nitrogens is 4. The number of amides is 1. The van der Waals surface area contributed by atoms with Gasteiger partial charge >= 0.3 is 6.18 Å². The smallest absolute Gasteiger partial charge is 0.351 e. The molecule has 5 heterocycles. The molecular formula is C24H26F5N7O. The summed E-state index contributed by atoms with van der Waals surface area (Å²) in [7, 11) is 3.05. The Kier molecular flexibility index (Phi) is 6.29. The van der Waals surface area contributed by atoms with E-state index in [9.17, 15) is 26.7 Å². The van der Waals surface area contributed by atoms with E-state index in [1.807, 2.05) is 4.90 Å². The second-order valence-corrected chi connectivity index (χ2v) is 9.80. The van der Waals surface area contributed by atoms with Gasteiger partial charge in [-0.1, -0.05) is 0 Å². The van der Waals surface area contributed by atoms with Crippen LogP contribution in [0.5, 0.6) is 0 Å². The molecule has 1 aliphatic carbocycles. The highest BCUT2D eigenvalue weighted by Gasteiger charge is 2.38. The van der Waals surface area contributed by atoms with Crippen LogP contribution < -0.4 is 5.32 Å². The van der Waals surface area contributed by atoms with E-state index >= 15 is 0 Å². The van der Waals surface area contributed by atoms with Gasteiger partial charge in [-0.15, -0.1) is 0 Å². The summed E-state index contributed by atoms with van der Waals surface area (Å²) in [5, 5.41) is 3.43. The van der Waals surface area contributed by atoms with E-state index in [2.05, 4.69) is 25.3 Å². The maximum atomic E-state index is 14.8. The fourth-order valence-corrected chi connectivity index (χ4v) is 5.07. The van der Waals surface area contributed by atoms with Crippen LogP contribution in [-0.4, -0.2) is 80.8 Å². The monoisotopic (exact) mass is 523 g/mol. The highest BCUT2D eigenvalue weighted by atomic mass is 19.4. The molecule has 0 spiro atoms. The SMILES string of the molecule is CN1CC(F)(F)CCN(C)[C@H]2CC[C@@H](C2)Nc2ncc(C(F)(F)F)c(n2)-c2c[nH]c3nc(ccc23)C1=O. The van der Waals surface area contributed by atoms with Gasteiger partial charge in [0.2, 0.25) is 5.95 Å². The standard InChI is InChI=1S/C24H26F5N7O/c1-35-8-7-23(25,26)12-36(2)21(37)18-6-5-15-16(10-30-20(15)33-18)19-17(24(27,28)29)11-31-22(34-19)32-13-3-4-14(35)9-13/h5-6,10-11,13-14H,3-4,7-9,12H2,1-2H3,(H,30,33)(H,31,32,34)/t13-,14-/m0/s1. The number of fused-ring (bicyclic) bond motifs is 7. The first-order chi connectivity index (χ1) is 17.4. The minimum atomic E-state index is -4.70. The largest absolute Gasteiger partial charge is 0.419 e. The summed E-state index contributed by atoms with van der Waals surface area (Å²) in [5.41, 5.74) is -1.15. The van der Waals surface area contributed by atoms with Gasteiger partial charge < -0.3 is 20.1 Å². The van der Waals surface area contributed by atoms with Crippen molar-refractivity contribution in [2.24, 2.45) is 0 Å². The zero-order valence-electron chi connectivity index (χ0n) is 20.2. The Hall–Kier alpha value is -3.35. The van der Waals surface area contributed by atoms with Crippen molar-refractivity contribution < 1.29 is 26.7 Å². The molecule has 0 saturated heterocycles. The van der Waals surface area contributed by atoms with E-state index in [-0.39, 0.29) is 47.2 Å². The van der Waals surface area contributed by atoms with Crippen LogP contribution in [0.1, 0.15) is 41.7 Å². The molecule has 3 aromatic heterocycles. The number of rotatable bonds is 0. The molecule has 13 heteroatoms. The number of pyridine rings is 1. The predicted octanol–water partition coefficient (Wildman–Crippen LogP) is 4.41. The summed E-state index contributed by atoms with van der Waals surface area (Å²) in [5.74, 6) is -3.77. The quantitative estimate of drug-likeness (QED) is 0.425. The van der Waals surface area contributed by atoms with Gasteiger partial charge in [0, 0.05) is 55.4 Å². The summed E-state index contributed by atoms with van der Waals surface area (Å²) < 4.78 is 71.1. The van der Waals surface area contributed by atoms with Gasteiger partial charge in [0.15, 0.2) is 0 Å². The lowest BCUT2D eigenvalue weighted by Gasteiger charge is -2.28. The Bertz CT molecular complexity index is 1320. The van der Waals surface area contributed by atoms with E-state index in [0.29, 0.717) is 18.2 Å². The minimum absolute atomic E-state index is 0.0209. The van der Waals surface area contributed by atoms with Crippen molar-refractivity contribution in [3.05, 3.63) is 35.8 Å². The normalized spacial score (nSPS) is 23.2. The van der Waals surface area contributed by atoms with Gasteiger partial charge in [0.05, 0.1) is 12.2 Å². The molecule has 1 saturated carbocycles. The van der Waals surface area contributed by atoms with Crippen molar-refractivity contribution in [1.82, 2.24) is 29.7 Å². The Morgan fingerprint density at radius 3 is 2.68 bits per heavy atom. The van der Waals surface area contributed by atoms with Crippen LogP contribution in [0, 0.1) is 0 Å². The molecule has 1 fully saturated rings. The van der Waals surface area contributed by atoms with Crippen molar-refractivity contribution in [2.75, 3.05) is 32.5 Å². The van der Waals surface area contributed by atoms with E-state index in [0.717, 1.165) is 17.5 Å². The molecule has 0 unspecified atom stereocenters. The Labute approximate surface area is 209 Å². The maximum Gasteiger partial charge on any atom is 0.419 e. The predicted molar refractivity (Wildman–Crippen MR) is 126 cm³/mol. The number of anilines is 1. The Morgan fingerprint density at radius 1 is 1.14 bits per heavy atom. The number of aromatic amines is 1. The third-order valence-electron chi connectivity index (χ3n) is 7.11. The summed E-state index contributed by atoms with van der Waals surface area (Å²) >= 11 is 0. The minimum Gasteiger partial charge on any atom is -0.351 e. The second-order valence-electron chi connectivity index (χ2n) is 9.80. The summed E-state index contributed by atoms with van der Waals surface area (Å²) in [4.78, 5) is 30.8. The average molecular weight is 524 g/mol. The van der Waals surface area contributed by atoms with E-state index in [1.54, 1.807) is 7.05 Å². The van der Waals surface area contributed by atoms with Gasteiger partial charge in [-0.2, -0.15) is 13.2 Å². The Balaban J connectivity index is 1.60. The van der Waals surface area contributed by atoms with Crippen molar-refractivity contribution >= 4 is 22.9 Å². The van der Waals surface area contributed by atoms with Crippen LogP contribution in [0.3, 0.4) is 0 Å². The first-order valence-electron chi connectivity index (χ1n) is 11.9. The van der Waals surface area contributed by atoms with Crippen LogP contribution in [0.2, 0.25) is 0 Å². The number of halogens is 5.